The number of nitrogens with one attached hydrogen (secondary N) is 1. The van der Waals surface area contributed by atoms with Crippen molar-refractivity contribution in [2.75, 3.05) is 11.8 Å². The molecule has 8 heteroatoms. The highest BCUT2D eigenvalue weighted by molar-refractivity contribution is 7.92. The number of para-hydroxylation sites is 1. The minimum absolute atomic E-state index is 0.00815. The average molecular weight is 283 g/mol. The van der Waals surface area contributed by atoms with Crippen LogP contribution in [-0.4, -0.2) is 30.4 Å². The summed E-state index contributed by atoms with van der Waals surface area (Å²) in [5.74, 6) is 0.0100. The summed E-state index contributed by atoms with van der Waals surface area (Å²) in [6, 6.07) is 5.81. The number of aryl methyl sites for hydroxylation is 1. The Morgan fingerprint density at radius 2 is 2.11 bits per heavy atom. The number of sulfonamides is 1. The van der Waals surface area contributed by atoms with Crippen LogP contribution in [-0.2, 0) is 17.1 Å². The lowest BCUT2D eigenvalue weighted by atomic mass is 10.3. The quantitative estimate of drug-likeness (QED) is 0.814. The van der Waals surface area contributed by atoms with E-state index in [4.69, 9.17) is 4.74 Å². The van der Waals surface area contributed by atoms with Gasteiger partial charge in [-0.3, -0.25) is 9.40 Å². The molecule has 102 valence electrons. The summed E-state index contributed by atoms with van der Waals surface area (Å²) in [5, 5.41) is 13.5. The second-order valence-electron chi connectivity index (χ2n) is 3.75. The van der Waals surface area contributed by atoms with Crippen LogP contribution in [0, 0.1) is 0 Å². The Balaban J connectivity index is 2.45. The van der Waals surface area contributed by atoms with Crippen molar-refractivity contribution < 1.29 is 18.3 Å². The number of hydrogen-bond donors (Lipinski definition) is 2. The molecular formula is C11H13N3O4S. The zero-order valence-electron chi connectivity index (χ0n) is 10.4. The van der Waals surface area contributed by atoms with Gasteiger partial charge in [0.05, 0.1) is 13.3 Å². The monoisotopic (exact) mass is 283 g/mol. The Kier molecular flexibility index (Phi) is 3.34. The summed E-state index contributed by atoms with van der Waals surface area (Å²) < 4.78 is 32.8. The molecule has 1 aromatic heterocycles. The third kappa shape index (κ3) is 2.48. The Labute approximate surface area is 110 Å². The van der Waals surface area contributed by atoms with Crippen LogP contribution in [0.1, 0.15) is 0 Å². The van der Waals surface area contributed by atoms with E-state index in [1.54, 1.807) is 12.1 Å². The summed E-state index contributed by atoms with van der Waals surface area (Å²) in [4.78, 5) is 0. The fourth-order valence-corrected chi connectivity index (χ4v) is 2.82. The van der Waals surface area contributed by atoms with E-state index in [0.29, 0.717) is 0 Å². The van der Waals surface area contributed by atoms with E-state index in [9.17, 15) is 13.5 Å². The molecule has 0 unspecified atom stereocenters. The third-order valence-corrected chi connectivity index (χ3v) is 3.94. The molecule has 0 aliphatic carbocycles. The molecule has 2 aromatic rings. The first kappa shape index (κ1) is 13.2. The van der Waals surface area contributed by atoms with E-state index in [1.807, 2.05) is 0 Å². The van der Waals surface area contributed by atoms with Crippen LogP contribution in [0.15, 0.2) is 35.5 Å². The van der Waals surface area contributed by atoms with Gasteiger partial charge in [0.2, 0.25) is 0 Å². The number of phenolic OH excluding ortho intramolecular Hbond substituents is 1. The number of aromatic nitrogens is 2. The van der Waals surface area contributed by atoms with Gasteiger partial charge in [-0.15, -0.1) is 0 Å². The van der Waals surface area contributed by atoms with Gasteiger partial charge in [0.25, 0.3) is 10.0 Å². The number of rotatable bonds is 4. The van der Waals surface area contributed by atoms with Gasteiger partial charge >= 0.3 is 0 Å². The normalized spacial score (nSPS) is 11.3. The van der Waals surface area contributed by atoms with Crippen LogP contribution < -0.4 is 9.46 Å². The standard InChI is InChI=1S/C11H13N3O4S/c1-14-10(6-7-12-14)19(16,17)13-11-8(15)4-3-5-9(11)18-2/h3-7,13,15H,1-2H3. The Morgan fingerprint density at radius 3 is 2.68 bits per heavy atom. The molecule has 0 spiro atoms. The molecule has 19 heavy (non-hydrogen) atoms. The van der Waals surface area contributed by atoms with Crippen LogP contribution in [0.25, 0.3) is 0 Å². The lowest BCUT2D eigenvalue weighted by Crippen LogP contribution is -2.17. The molecule has 0 radical (unpaired) electrons. The van der Waals surface area contributed by atoms with Crippen LogP contribution in [0.5, 0.6) is 11.5 Å². The number of phenols is 1. The number of methoxy groups -OCH3 is 1. The summed E-state index contributed by atoms with van der Waals surface area (Å²) in [5.41, 5.74) is -0.00815. The van der Waals surface area contributed by atoms with Crippen LogP contribution in [0.2, 0.25) is 0 Å². The van der Waals surface area contributed by atoms with Gasteiger partial charge in [0, 0.05) is 7.05 Å². The first-order chi connectivity index (χ1) is 8.95. The van der Waals surface area contributed by atoms with Crippen LogP contribution in [0.3, 0.4) is 0 Å². The van der Waals surface area contributed by atoms with Gasteiger partial charge < -0.3 is 9.84 Å². The predicted octanol–water partition coefficient (Wildman–Crippen LogP) is 0.935. The maximum atomic E-state index is 12.2. The Bertz CT molecular complexity index is 694. The molecule has 0 atom stereocenters. The highest BCUT2D eigenvalue weighted by Crippen LogP contribution is 2.34. The number of ether oxygens (including phenoxy) is 1. The zero-order valence-corrected chi connectivity index (χ0v) is 11.2. The summed E-state index contributed by atoms with van der Waals surface area (Å²) >= 11 is 0. The number of anilines is 1. The molecule has 0 aliphatic heterocycles. The van der Waals surface area contributed by atoms with Crippen molar-refractivity contribution in [1.82, 2.24) is 9.78 Å². The molecule has 0 saturated carbocycles. The minimum Gasteiger partial charge on any atom is -0.506 e. The van der Waals surface area contributed by atoms with E-state index in [-0.39, 0.29) is 22.2 Å². The molecule has 2 rings (SSSR count). The molecule has 2 N–H and O–H groups in total. The van der Waals surface area contributed by atoms with Crippen molar-refractivity contribution in [1.29, 1.82) is 0 Å². The van der Waals surface area contributed by atoms with Crippen molar-refractivity contribution in [2.45, 2.75) is 5.03 Å². The van der Waals surface area contributed by atoms with Crippen molar-refractivity contribution in [2.24, 2.45) is 7.05 Å². The fraction of sp³-hybridized carbons (Fsp3) is 0.182. The molecule has 0 bridgehead atoms. The summed E-state index contributed by atoms with van der Waals surface area (Å²) in [7, 11) is -0.949. The molecule has 0 saturated heterocycles. The highest BCUT2D eigenvalue weighted by atomic mass is 32.2. The molecule has 0 aliphatic rings. The van der Waals surface area contributed by atoms with Crippen LogP contribution in [0.4, 0.5) is 5.69 Å². The number of nitrogens with zero attached hydrogens (tertiary/aromatic N) is 2. The molecule has 0 fully saturated rings. The lowest BCUT2D eigenvalue weighted by Gasteiger charge is -2.12. The average Bonchev–Trinajstić information content (AvgIpc) is 2.79. The van der Waals surface area contributed by atoms with Gasteiger partial charge in [-0.1, -0.05) is 6.07 Å². The van der Waals surface area contributed by atoms with Crippen molar-refractivity contribution in [3.8, 4) is 11.5 Å². The van der Waals surface area contributed by atoms with E-state index in [0.717, 1.165) is 0 Å². The van der Waals surface area contributed by atoms with E-state index in [2.05, 4.69) is 9.82 Å². The molecule has 0 amide bonds. The summed E-state index contributed by atoms with van der Waals surface area (Å²) in [6.45, 7) is 0. The topological polar surface area (TPSA) is 93.4 Å². The summed E-state index contributed by atoms with van der Waals surface area (Å²) in [6.07, 6.45) is 1.37. The van der Waals surface area contributed by atoms with Crippen molar-refractivity contribution in [3.63, 3.8) is 0 Å². The molecule has 1 heterocycles. The van der Waals surface area contributed by atoms with E-state index >= 15 is 0 Å². The number of hydrogen-bond acceptors (Lipinski definition) is 5. The maximum Gasteiger partial charge on any atom is 0.279 e. The van der Waals surface area contributed by atoms with Crippen molar-refractivity contribution >= 4 is 15.7 Å². The minimum atomic E-state index is -3.85. The van der Waals surface area contributed by atoms with Gasteiger partial charge in [0.1, 0.15) is 17.2 Å². The highest BCUT2D eigenvalue weighted by Gasteiger charge is 2.21. The van der Waals surface area contributed by atoms with Gasteiger partial charge in [0.15, 0.2) is 5.03 Å². The fourth-order valence-electron chi connectivity index (χ4n) is 1.60. The molecule has 7 nitrogen and oxygen atoms in total. The Morgan fingerprint density at radius 1 is 1.37 bits per heavy atom. The van der Waals surface area contributed by atoms with E-state index < -0.39 is 10.0 Å². The second kappa shape index (κ2) is 4.81. The zero-order chi connectivity index (χ0) is 14.0. The second-order valence-corrected chi connectivity index (χ2v) is 5.38. The Hall–Kier alpha value is -2.22. The first-order valence-corrected chi connectivity index (χ1v) is 6.81. The maximum absolute atomic E-state index is 12.2. The van der Waals surface area contributed by atoms with Gasteiger partial charge in [-0.2, -0.15) is 13.5 Å². The SMILES string of the molecule is COc1cccc(O)c1NS(=O)(=O)c1ccnn1C. The number of benzene rings is 1. The smallest absolute Gasteiger partial charge is 0.279 e. The third-order valence-electron chi connectivity index (χ3n) is 2.51. The van der Waals surface area contributed by atoms with Gasteiger partial charge in [-0.05, 0) is 18.2 Å². The molecular weight excluding hydrogens is 270 g/mol. The van der Waals surface area contributed by atoms with Crippen molar-refractivity contribution in [3.05, 3.63) is 30.5 Å². The largest absolute Gasteiger partial charge is 0.506 e. The van der Waals surface area contributed by atoms with Crippen LogP contribution >= 0.6 is 0 Å². The lowest BCUT2D eigenvalue weighted by molar-refractivity contribution is 0.411. The first-order valence-electron chi connectivity index (χ1n) is 5.32. The van der Waals surface area contributed by atoms with E-state index in [1.165, 1.54) is 37.2 Å². The molecule has 1 aromatic carbocycles. The van der Waals surface area contributed by atoms with Gasteiger partial charge in [-0.25, -0.2) is 0 Å². The number of aromatic hydroxyl groups is 1. The predicted molar refractivity (Wildman–Crippen MR) is 68.7 cm³/mol.